The maximum absolute atomic E-state index is 11.9. The number of hydrogen-bond acceptors (Lipinski definition) is 6. The van der Waals surface area contributed by atoms with E-state index in [0.717, 1.165) is 17.2 Å². The third-order valence-electron chi connectivity index (χ3n) is 3.33. The van der Waals surface area contributed by atoms with E-state index in [-0.39, 0.29) is 5.37 Å². The van der Waals surface area contributed by atoms with Crippen LogP contribution in [0.2, 0.25) is 0 Å². The van der Waals surface area contributed by atoms with Gasteiger partial charge in [0.15, 0.2) is 9.84 Å². The Morgan fingerprint density at radius 2 is 2.26 bits per heavy atom. The first kappa shape index (κ1) is 15.3. The molecule has 1 saturated heterocycles. The number of nitrogens with zero attached hydrogens (tertiary/aromatic N) is 1. The summed E-state index contributed by atoms with van der Waals surface area (Å²) in [5.41, 5.74) is 6.87. The molecule has 1 atom stereocenters. The van der Waals surface area contributed by atoms with Crippen LogP contribution in [0.3, 0.4) is 0 Å². The largest absolute Gasteiger partial charge is 0.326 e. The van der Waals surface area contributed by atoms with Crippen molar-refractivity contribution in [2.75, 3.05) is 24.3 Å². The number of sulfone groups is 1. The molecule has 0 spiro atoms. The van der Waals surface area contributed by atoms with Crippen LogP contribution in [-0.4, -0.2) is 43.0 Å². The van der Waals surface area contributed by atoms with Gasteiger partial charge in [0.2, 0.25) is 0 Å². The highest BCUT2D eigenvalue weighted by atomic mass is 32.2. The summed E-state index contributed by atoms with van der Waals surface area (Å²) < 4.78 is 23.7. The quantitative estimate of drug-likeness (QED) is 0.909. The molecule has 0 radical (unpaired) electrons. The molecule has 0 aromatic carbocycles. The summed E-state index contributed by atoms with van der Waals surface area (Å²) in [5.74, 6) is 1.67. The zero-order chi connectivity index (χ0) is 14.0. The predicted molar refractivity (Wildman–Crippen MR) is 83.3 cm³/mol. The molecule has 1 aromatic rings. The van der Waals surface area contributed by atoms with Crippen molar-refractivity contribution in [3.8, 4) is 0 Å². The smallest absolute Gasteiger partial charge is 0.164 e. The molecule has 2 N–H and O–H groups in total. The number of thiophene rings is 1. The minimum Gasteiger partial charge on any atom is -0.326 e. The van der Waals surface area contributed by atoms with Crippen LogP contribution in [0.4, 0.5) is 0 Å². The molecule has 1 aromatic heterocycles. The third-order valence-corrected chi connectivity index (χ3v) is 7.13. The summed E-state index contributed by atoms with van der Waals surface area (Å²) in [6.45, 7) is 4.17. The average Bonchev–Trinajstić information content (AvgIpc) is 2.70. The van der Waals surface area contributed by atoms with Crippen LogP contribution in [0.15, 0.2) is 6.07 Å². The molecule has 0 aliphatic carbocycles. The molecule has 0 saturated carbocycles. The molecule has 0 amide bonds. The molecule has 7 heteroatoms. The maximum atomic E-state index is 11.9. The Bertz CT molecular complexity index is 539. The fourth-order valence-electron chi connectivity index (χ4n) is 2.25. The maximum Gasteiger partial charge on any atom is 0.164 e. The summed E-state index contributed by atoms with van der Waals surface area (Å²) >= 11 is 3.43. The Labute approximate surface area is 123 Å². The second kappa shape index (κ2) is 6.13. The molecular formula is C12H20N2O2S3. The van der Waals surface area contributed by atoms with Crippen molar-refractivity contribution in [1.29, 1.82) is 0 Å². The van der Waals surface area contributed by atoms with Gasteiger partial charge in [0.25, 0.3) is 0 Å². The van der Waals surface area contributed by atoms with E-state index in [2.05, 4.69) is 17.9 Å². The van der Waals surface area contributed by atoms with Crippen LogP contribution in [0, 0.1) is 6.92 Å². The van der Waals surface area contributed by atoms with Crippen molar-refractivity contribution >= 4 is 32.9 Å². The lowest BCUT2D eigenvalue weighted by Crippen LogP contribution is -2.46. The first-order valence-electron chi connectivity index (χ1n) is 6.20. The van der Waals surface area contributed by atoms with Gasteiger partial charge in [-0.05, 0) is 18.6 Å². The predicted octanol–water partition coefficient (Wildman–Crippen LogP) is 1.43. The Morgan fingerprint density at radius 1 is 1.53 bits per heavy atom. The van der Waals surface area contributed by atoms with Crippen molar-refractivity contribution in [1.82, 2.24) is 4.90 Å². The van der Waals surface area contributed by atoms with Crippen molar-refractivity contribution in [3.05, 3.63) is 21.4 Å². The Morgan fingerprint density at radius 3 is 2.84 bits per heavy atom. The van der Waals surface area contributed by atoms with Crippen molar-refractivity contribution < 1.29 is 8.42 Å². The van der Waals surface area contributed by atoms with Crippen molar-refractivity contribution in [2.45, 2.75) is 25.4 Å². The van der Waals surface area contributed by atoms with Gasteiger partial charge in [0.05, 0.1) is 0 Å². The zero-order valence-electron chi connectivity index (χ0n) is 11.3. The minimum atomic E-state index is -3.02. The van der Waals surface area contributed by atoms with E-state index in [1.165, 1.54) is 16.7 Å². The average molecular weight is 321 g/mol. The van der Waals surface area contributed by atoms with E-state index in [1.54, 1.807) is 23.1 Å². The van der Waals surface area contributed by atoms with Gasteiger partial charge in [-0.1, -0.05) is 0 Å². The number of hydrogen-bond donors (Lipinski definition) is 1. The van der Waals surface area contributed by atoms with Gasteiger partial charge in [-0.15, -0.1) is 11.3 Å². The van der Waals surface area contributed by atoms with E-state index < -0.39 is 9.84 Å². The number of rotatable bonds is 4. The molecule has 4 nitrogen and oxygen atoms in total. The molecule has 1 fully saturated rings. The van der Waals surface area contributed by atoms with Crippen LogP contribution in [0.25, 0.3) is 0 Å². The highest BCUT2D eigenvalue weighted by molar-refractivity contribution is 8.00. The third kappa shape index (κ3) is 3.72. The van der Waals surface area contributed by atoms with Crippen molar-refractivity contribution in [2.24, 2.45) is 5.73 Å². The van der Waals surface area contributed by atoms with E-state index in [9.17, 15) is 8.42 Å². The Balaban J connectivity index is 2.17. The lowest BCUT2D eigenvalue weighted by atomic mass is 10.2. The van der Waals surface area contributed by atoms with Crippen molar-refractivity contribution in [3.63, 3.8) is 0 Å². The SMILES string of the molecule is Cc1sc(CN)cc1CN1CCSCC1S(C)(=O)=O. The standard InChI is InChI=1S/C12H20N2O2S3/c1-9-10(5-11(6-13)18-9)7-14-3-4-17-8-12(14)19(2,15)16/h5,12H,3-4,6-8,13H2,1-2H3. The van der Waals surface area contributed by atoms with Gasteiger partial charge in [-0.3, -0.25) is 4.90 Å². The number of nitrogens with two attached hydrogens (primary N) is 1. The second-order valence-electron chi connectivity index (χ2n) is 4.83. The van der Waals surface area contributed by atoms with Gasteiger partial charge in [-0.2, -0.15) is 11.8 Å². The second-order valence-corrected chi connectivity index (χ2v) is 9.52. The molecule has 2 heterocycles. The fourth-order valence-corrected chi connectivity index (χ4v) is 6.13. The Kier molecular flexibility index (Phi) is 4.94. The molecule has 1 unspecified atom stereocenters. The summed E-state index contributed by atoms with van der Waals surface area (Å²) in [4.78, 5) is 4.49. The highest BCUT2D eigenvalue weighted by Gasteiger charge is 2.31. The summed E-state index contributed by atoms with van der Waals surface area (Å²) in [5, 5.41) is -0.355. The lowest BCUT2D eigenvalue weighted by Gasteiger charge is -2.33. The van der Waals surface area contributed by atoms with Gasteiger partial charge < -0.3 is 5.73 Å². The molecule has 1 aliphatic rings. The lowest BCUT2D eigenvalue weighted by molar-refractivity contribution is 0.262. The summed E-state index contributed by atoms with van der Waals surface area (Å²) in [6.07, 6.45) is 1.34. The molecule has 2 rings (SSSR count). The highest BCUT2D eigenvalue weighted by Crippen LogP contribution is 2.27. The first-order valence-corrected chi connectivity index (χ1v) is 10.1. The van der Waals surface area contributed by atoms with Crippen LogP contribution < -0.4 is 5.73 Å². The summed E-state index contributed by atoms with van der Waals surface area (Å²) in [6, 6.07) is 2.11. The van der Waals surface area contributed by atoms with Gasteiger partial charge in [0.1, 0.15) is 5.37 Å². The molecule has 108 valence electrons. The van der Waals surface area contributed by atoms with E-state index >= 15 is 0 Å². The topological polar surface area (TPSA) is 63.4 Å². The fraction of sp³-hybridized carbons (Fsp3) is 0.667. The normalized spacial score (nSPS) is 21.7. The van der Waals surface area contributed by atoms with Crippen LogP contribution in [-0.2, 0) is 22.9 Å². The number of thioether (sulfide) groups is 1. The minimum absolute atomic E-state index is 0.355. The molecule has 1 aliphatic heterocycles. The van der Waals surface area contributed by atoms with Crippen LogP contribution >= 0.6 is 23.1 Å². The van der Waals surface area contributed by atoms with Crippen LogP contribution in [0.5, 0.6) is 0 Å². The van der Waals surface area contributed by atoms with E-state index in [4.69, 9.17) is 5.73 Å². The first-order chi connectivity index (χ1) is 8.91. The van der Waals surface area contributed by atoms with E-state index in [1.807, 2.05) is 0 Å². The van der Waals surface area contributed by atoms with Gasteiger partial charge in [0, 0.05) is 47.2 Å². The monoisotopic (exact) mass is 320 g/mol. The Hall–Kier alpha value is -0.0800. The van der Waals surface area contributed by atoms with Gasteiger partial charge >= 0.3 is 0 Å². The van der Waals surface area contributed by atoms with Gasteiger partial charge in [-0.25, -0.2) is 8.42 Å². The summed E-state index contributed by atoms with van der Waals surface area (Å²) in [7, 11) is -3.02. The van der Waals surface area contributed by atoms with E-state index in [0.29, 0.717) is 18.8 Å². The zero-order valence-corrected chi connectivity index (χ0v) is 13.7. The molecule has 19 heavy (non-hydrogen) atoms. The number of aryl methyl sites for hydroxylation is 1. The molecular weight excluding hydrogens is 300 g/mol. The molecule has 0 bridgehead atoms. The van der Waals surface area contributed by atoms with Crippen LogP contribution in [0.1, 0.15) is 15.3 Å².